The fraction of sp³-hybridized carbons (Fsp3) is 0.0952. The van der Waals surface area contributed by atoms with E-state index in [2.05, 4.69) is 10.3 Å². The number of aliphatic carboxylic acids is 1. The Labute approximate surface area is 151 Å². The Hall–Kier alpha value is -3.47. The quantitative estimate of drug-likeness (QED) is 0.718. The monoisotopic (exact) mass is 346 g/mol. The first-order valence-corrected chi connectivity index (χ1v) is 8.21. The molecule has 0 bridgehead atoms. The molecular formula is C21H18N2O3. The molecule has 0 radical (unpaired) electrons. The van der Waals surface area contributed by atoms with Gasteiger partial charge < -0.3 is 10.4 Å². The van der Waals surface area contributed by atoms with Crippen molar-refractivity contribution in [3.8, 4) is 11.1 Å². The maximum atomic E-state index is 12.2. The van der Waals surface area contributed by atoms with Crippen molar-refractivity contribution >= 4 is 11.9 Å². The number of pyridine rings is 1. The Kier molecular flexibility index (Phi) is 5.39. The number of hydrogen-bond donors (Lipinski definition) is 2. The zero-order valence-corrected chi connectivity index (χ0v) is 14.0. The van der Waals surface area contributed by atoms with Gasteiger partial charge in [-0.25, -0.2) is 4.79 Å². The highest BCUT2D eigenvalue weighted by atomic mass is 16.4. The highest BCUT2D eigenvalue weighted by molar-refractivity contribution is 5.96. The molecule has 0 saturated heterocycles. The number of carbonyl (C=O) groups is 2. The first kappa shape index (κ1) is 17.4. The van der Waals surface area contributed by atoms with E-state index in [-0.39, 0.29) is 6.42 Å². The highest BCUT2D eigenvalue weighted by Gasteiger charge is 2.21. The third-order valence-electron chi connectivity index (χ3n) is 4.03. The number of benzene rings is 2. The molecule has 0 saturated carbocycles. The van der Waals surface area contributed by atoms with Crippen LogP contribution in [0.25, 0.3) is 11.1 Å². The van der Waals surface area contributed by atoms with Crippen LogP contribution in [0.4, 0.5) is 0 Å². The van der Waals surface area contributed by atoms with E-state index < -0.39 is 17.9 Å². The Morgan fingerprint density at radius 1 is 0.923 bits per heavy atom. The van der Waals surface area contributed by atoms with Gasteiger partial charge in [0.05, 0.1) is 5.56 Å². The van der Waals surface area contributed by atoms with Gasteiger partial charge in [-0.05, 0) is 28.8 Å². The number of rotatable bonds is 6. The van der Waals surface area contributed by atoms with Crippen molar-refractivity contribution < 1.29 is 14.7 Å². The van der Waals surface area contributed by atoms with Crippen molar-refractivity contribution in [2.45, 2.75) is 12.5 Å². The molecule has 130 valence electrons. The second-order valence-corrected chi connectivity index (χ2v) is 5.87. The molecule has 0 unspecified atom stereocenters. The van der Waals surface area contributed by atoms with Gasteiger partial charge in [-0.15, -0.1) is 0 Å². The summed E-state index contributed by atoms with van der Waals surface area (Å²) in [4.78, 5) is 27.6. The second-order valence-electron chi connectivity index (χ2n) is 5.87. The van der Waals surface area contributed by atoms with E-state index in [9.17, 15) is 14.7 Å². The molecule has 0 aliphatic rings. The average Bonchev–Trinajstić information content (AvgIpc) is 2.69. The lowest BCUT2D eigenvalue weighted by Crippen LogP contribution is -2.42. The van der Waals surface area contributed by atoms with E-state index in [1.54, 1.807) is 18.3 Å². The molecule has 1 heterocycles. The topological polar surface area (TPSA) is 79.3 Å². The number of carbonyl (C=O) groups excluding carboxylic acids is 1. The van der Waals surface area contributed by atoms with Crippen LogP contribution < -0.4 is 5.32 Å². The lowest BCUT2D eigenvalue weighted by atomic mass is 10.0. The SMILES string of the molecule is O=C(N[C@H](Cc1ccc(-c2ccccc2)cc1)C(=O)O)c1cccnc1. The summed E-state index contributed by atoms with van der Waals surface area (Å²) in [5.41, 5.74) is 3.32. The van der Waals surface area contributed by atoms with Crippen molar-refractivity contribution in [1.29, 1.82) is 0 Å². The van der Waals surface area contributed by atoms with Crippen LogP contribution in [0.2, 0.25) is 0 Å². The van der Waals surface area contributed by atoms with E-state index in [0.717, 1.165) is 16.7 Å². The van der Waals surface area contributed by atoms with Crippen LogP contribution in [-0.4, -0.2) is 28.0 Å². The third-order valence-corrected chi connectivity index (χ3v) is 4.03. The third kappa shape index (κ3) is 4.33. The van der Waals surface area contributed by atoms with Crippen molar-refractivity contribution in [1.82, 2.24) is 10.3 Å². The molecule has 0 spiro atoms. The summed E-state index contributed by atoms with van der Waals surface area (Å²) in [5, 5.41) is 12.0. The fourth-order valence-electron chi connectivity index (χ4n) is 2.64. The molecule has 1 amide bonds. The van der Waals surface area contributed by atoms with Gasteiger partial charge in [0.2, 0.25) is 0 Å². The van der Waals surface area contributed by atoms with E-state index in [4.69, 9.17) is 0 Å². The first-order chi connectivity index (χ1) is 12.6. The zero-order chi connectivity index (χ0) is 18.4. The van der Waals surface area contributed by atoms with E-state index in [0.29, 0.717) is 5.56 Å². The van der Waals surface area contributed by atoms with Crippen molar-refractivity contribution in [3.05, 3.63) is 90.3 Å². The standard InChI is InChI=1S/C21H18N2O3/c24-20(18-7-4-12-22-14-18)23-19(21(25)26)13-15-8-10-17(11-9-15)16-5-2-1-3-6-16/h1-12,14,19H,13H2,(H,23,24)(H,25,26)/t19-/m1/s1. The molecular weight excluding hydrogens is 328 g/mol. The van der Waals surface area contributed by atoms with Gasteiger partial charge in [0.1, 0.15) is 6.04 Å². The lowest BCUT2D eigenvalue weighted by Gasteiger charge is -2.15. The number of amides is 1. The minimum Gasteiger partial charge on any atom is -0.480 e. The summed E-state index contributed by atoms with van der Waals surface area (Å²) < 4.78 is 0. The molecule has 5 nitrogen and oxygen atoms in total. The van der Waals surface area contributed by atoms with E-state index in [1.165, 1.54) is 6.20 Å². The number of nitrogens with zero attached hydrogens (tertiary/aromatic N) is 1. The minimum atomic E-state index is -1.07. The van der Waals surface area contributed by atoms with Crippen LogP contribution >= 0.6 is 0 Å². The predicted octanol–water partition coefficient (Wildman–Crippen LogP) is 3.17. The lowest BCUT2D eigenvalue weighted by molar-refractivity contribution is -0.139. The van der Waals surface area contributed by atoms with Crippen LogP contribution in [0.3, 0.4) is 0 Å². The predicted molar refractivity (Wildman–Crippen MR) is 98.7 cm³/mol. The highest BCUT2D eigenvalue weighted by Crippen LogP contribution is 2.19. The van der Waals surface area contributed by atoms with Crippen molar-refractivity contribution in [2.75, 3.05) is 0 Å². The number of nitrogens with one attached hydrogen (secondary N) is 1. The molecule has 26 heavy (non-hydrogen) atoms. The van der Waals surface area contributed by atoms with Gasteiger partial charge in [0, 0.05) is 18.8 Å². The average molecular weight is 346 g/mol. The summed E-state index contributed by atoms with van der Waals surface area (Å²) in [6.07, 6.45) is 3.17. The van der Waals surface area contributed by atoms with Gasteiger partial charge in [0.25, 0.3) is 5.91 Å². The maximum Gasteiger partial charge on any atom is 0.326 e. The van der Waals surface area contributed by atoms with Gasteiger partial charge >= 0.3 is 5.97 Å². The molecule has 0 fully saturated rings. The molecule has 3 rings (SSSR count). The molecule has 0 aliphatic carbocycles. The summed E-state index contributed by atoms with van der Waals surface area (Å²) in [6.45, 7) is 0. The molecule has 1 aromatic heterocycles. The number of carboxylic acids is 1. The Bertz CT molecular complexity index is 878. The van der Waals surface area contributed by atoms with Crippen LogP contribution in [0.1, 0.15) is 15.9 Å². The largest absolute Gasteiger partial charge is 0.480 e. The first-order valence-electron chi connectivity index (χ1n) is 8.21. The Morgan fingerprint density at radius 3 is 2.23 bits per heavy atom. The van der Waals surface area contributed by atoms with Crippen LogP contribution in [-0.2, 0) is 11.2 Å². The van der Waals surface area contributed by atoms with Gasteiger partial charge in [-0.1, -0.05) is 54.6 Å². The van der Waals surface area contributed by atoms with Crippen LogP contribution in [0.15, 0.2) is 79.1 Å². The smallest absolute Gasteiger partial charge is 0.326 e. The Balaban J connectivity index is 1.70. The van der Waals surface area contributed by atoms with Gasteiger partial charge in [-0.3, -0.25) is 9.78 Å². The summed E-state index contributed by atoms with van der Waals surface area (Å²) >= 11 is 0. The molecule has 2 aromatic carbocycles. The normalized spacial score (nSPS) is 11.5. The minimum absolute atomic E-state index is 0.205. The van der Waals surface area contributed by atoms with E-state index >= 15 is 0 Å². The van der Waals surface area contributed by atoms with Gasteiger partial charge in [-0.2, -0.15) is 0 Å². The zero-order valence-electron chi connectivity index (χ0n) is 14.0. The van der Waals surface area contributed by atoms with Crippen molar-refractivity contribution in [3.63, 3.8) is 0 Å². The maximum absolute atomic E-state index is 12.2. The molecule has 5 heteroatoms. The molecule has 0 aliphatic heterocycles. The molecule has 3 aromatic rings. The van der Waals surface area contributed by atoms with Gasteiger partial charge in [0.15, 0.2) is 0 Å². The van der Waals surface area contributed by atoms with Crippen LogP contribution in [0.5, 0.6) is 0 Å². The Morgan fingerprint density at radius 2 is 1.62 bits per heavy atom. The van der Waals surface area contributed by atoms with E-state index in [1.807, 2.05) is 54.6 Å². The van der Waals surface area contributed by atoms with Crippen LogP contribution in [0, 0.1) is 0 Å². The second kappa shape index (κ2) is 8.07. The molecule has 2 N–H and O–H groups in total. The van der Waals surface area contributed by atoms with Crippen molar-refractivity contribution in [2.24, 2.45) is 0 Å². The summed E-state index contributed by atoms with van der Waals surface area (Å²) in [6, 6.07) is 19.8. The summed E-state index contributed by atoms with van der Waals surface area (Å²) in [5.74, 6) is -1.53. The number of carboxylic acid groups (broad SMARTS) is 1. The number of aromatic nitrogens is 1. The molecule has 1 atom stereocenters. The fourth-order valence-corrected chi connectivity index (χ4v) is 2.64. The number of hydrogen-bond acceptors (Lipinski definition) is 3. The summed E-state index contributed by atoms with van der Waals surface area (Å²) in [7, 11) is 0.